The minimum Gasteiger partial charge on any atom is -0.477 e. The molecule has 0 saturated heterocycles. The molecular formula is C16H21N3O3. The summed E-state index contributed by atoms with van der Waals surface area (Å²) in [5, 5.41) is 15.8. The largest absolute Gasteiger partial charge is 0.477 e. The van der Waals surface area contributed by atoms with Crippen LogP contribution in [0.3, 0.4) is 0 Å². The number of carboxylic acid groups (broad SMARTS) is 1. The van der Waals surface area contributed by atoms with Crippen LogP contribution in [0, 0.1) is 0 Å². The van der Waals surface area contributed by atoms with Crippen LogP contribution in [0.15, 0.2) is 30.3 Å². The maximum absolute atomic E-state index is 11.3. The molecule has 2 rings (SSSR count). The number of nitrogens with one attached hydrogen (secondary N) is 1. The molecule has 1 aromatic carbocycles. The Balaban J connectivity index is 2.11. The summed E-state index contributed by atoms with van der Waals surface area (Å²) in [5.74, 6) is -0.651. The highest BCUT2D eigenvalue weighted by Gasteiger charge is 2.20. The summed E-state index contributed by atoms with van der Waals surface area (Å²) in [6, 6.07) is 9.68. The van der Waals surface area contributed by atoms with Gasteiger partial charge in [0.05, 0.1) is 12.2 Å². The first-order valence-corrected chi connectivity index (χ1v) is 7.20. The Hall–Kier alpha value is -2.34. The van der Waals surface area contributed by atoms with E-state index in [0.717, 1.165) is 18.5 Å². The molecule has 2 aromatic rings. The van der Waals surface area contributed by atoms with Crippen molar-refractivity contribution in [3.8, 4) is 5.88 Å². The number of aromatic nitrogens is 2. The summed E-state index contributed by atoms with van der Waals surface area (Å²) in [5.41, 5.74) is 1.69. The van der Waals surface area contributed by atoms with Crippen LogP contribution in [0.25, 0.3) is 0 Å². The number of aromatic carboxylic acids is 1. The van der Waals surface area contributed by atoms with Gasteiger partial charge in [0, 0.05) is 13.0 Å². The molecule has 1 heterocycles. The van der Waals surface area contributed by atoms with Crippen LogP contribution in [0.4, 0.5) is 0 Å². The Bertz CT molecular complexity index is 608. The number of nitrogens with zero attached hydrogens (tertiary/aromatic N) is 2. The zero-order chi connectivity index (χ0) is 15.9. The summed E-state index contributed by atoms with van der Waals surface area (Å²) in [7, 11) is 4.00. The van der Waals surface area contributed by atoms with E-state index in [1.165, 1.54) is 0 Å². The quantitative estimate of drug-likeness (QED) is 0.730. The molecule has 0 amide bonds. The highest BCUT2D eigenvalue weighted by Crippen LogP contribution is 2.23. The van der Waals surface area contributed by atoms with Crippen molar-refractivity contribution < 1.29 is 14.6 Å². The normalized spacial score (nSPS) is 10.9. The van der Waals surface area contributed by atoms with Gasteiger partial charge in [0.25, 0.3) is 0 Å². The lowest BCUT2D eigenvalue weighted by Gasteiger charge is -2.10. The fraction of sp³-hybridized carbons (Fsp3) is 0.375. The Kier molecular flexibility index (Phi) is 5.55. The molecule has 0 radical (unpaired) electrons. The van der Waals surface area contributed by atoms with Crippen LogP contribution in [0.1, 0.15) is 28.0 Å². The number of H-pyrrole nitrogens is 1. The van der Waals surface area contributed by atoms with Gasteiger partial charge >= 0.3 is 5.97 Å². The van der Waals surface area contributed by atoms with Crippen LogP contribution >= 0.6 is 0 Å². The topological polar surface area (TPSA) is 78.5 Å². The second-order valence-electron chi connectivity index (χ2n) is 5.36. The molecule has 0 aliphatic heterocycles. The fourth-order valence-electron chi connectivity index (χ4n) is 2.16. The molecule has 6 heteroatoms. The standard InChI is InChI=1S/C16H21N3O3/c1-19(2)9-6-10-22-15-13(14(16(20)21)17-18-15)11-12-7-4-3-5-8-12/h3-5,7-8H,6,9-11H2,1-2H3,(H,17,18)(H,20,21). The summed E-state index contributed by atoms with van der Waals surface area (Å²) in [6.45, 7) is 1.41. The number of ether oxygens (including phenoxy) is 1. The van der Waals surface area contributed by atoms with Gasteiger partial charge in [-0.15, -0.1) is 5.10 Å². The molecule has 1 aromatic heterocycles. The van der Waals surface area contributed by atoms with E-state index in [0.29, 0.717) is 24.5 Å². The molecular weight excluding hydrogens is 282 g/mol. The number of hydrogen-bond acceptors (Lipinski definition) is 4. The average molecular weight is 303 g/mol. The van der Waals surface area contributed by atoms with Crippen molar-refractivity contribution in [2.45, 2.75) is 12.8 Å². The summed E-state index contributed by atoms with van der Waals surface area (Å²) < 4.78 is 5.66. The van der Waals surface area contributed by atoms with Crippen molar-refractivity contribution in [2.75, 3.05) is 27.2 Å². The van der Waals surface area contributed by atoms with Crippen molar-refractivity contribution in [3.05, 3.63) is 47.2 Å². The molecule has 22 heavy (non-hydrogen) atoms. The van der Waals surface area contributed by atoms with Gasteiger partial charge in [-0.25, -0.2) is 4.79 Å². The lowest BCUT2D eigenvalue weighted by molar-refractivity contribution is 0.0689. The fourth-order valence-corrected chi connectivity index (χ4v) is 2.16. The molecule has 6 nitrogen and oxygen atoms in total. The third kappa shape index (κ3) is 4.33. The number of rotatable bonds is 8. The van der Waals surface area contributed by atoms with Gasteiger partial charge in [-0.2, -0.15) is 0 Å². The molecule has 0 spiro atoms. The van der Waals surface area contributed by atoms with Crippen LogP contribution in [0.2, 0.25) is 0 Å². The lowest BCUT2D eigenvalue weighted by Crippen LogP contribution is -2.15. The van der Waals surface area contributed by atoms with E-state index >= 15 is 0 Å². The van der Waals surface area contributed by atoms with Gasteiger partial charge < -0.3 is 14.7 Å². The van der Waals surface area contributed by atoms with Crippen molar-refractivity contribution >= 4 is 5.97 Å². The molecule has 0 bridgehead atoms. The highest BCUT2D eigenvalue weighted by molar-refractivity contribution is 5.87. The van der Waals surface area contributed by atoms with Crippen molar-refractivity contribution in [1.29, 1.82) is 0 Å². The first-order valence-electron chi connectivity index (χ1n) is 7.20. The van der Waals surface area contributed by atoms with Crippen molar-refractivity contribution in [2.24, 2.45) is 0 Å². The molecule has 0 unspecified atom stereocenters. The molecule has 0 saturated carbocycles. The predicted molar refractivity (Wildman–Crippen MR) is 83.5 cm³/mol. The Morgan fingerprint density at radius 2 is 2.05 bits per heavy atom. The summed E-state index contributed by atoms with van der Waals surface area (Å²) >= 11 is 0. The van der Waals surface area contributed by atoms with Crippen LogP contribution in [-0.4, -0.2) is 53.4 Å². The number of carboxylic acids is 1. The van der Waals surface area contributed by atoms with Gasteiger partial charge in [-0.3, -0.25) is 5.10 Å². The van der Waals surface area contributed by atoms with Gasteiger partial charge in [-0.1, -0.05) is 30.3 Å². The van der Waals surface area contributed by atoms with Crippen LogP contribution in [-0.2, 0) is 6.42 Å². The Labute approximate surface area is 129 Å². The van der Waals surface area contributed by atoms with Crippen LogP contribution < -0.4 is 4.74 Å². The minimum absolute atomic E-state index is 0.0893. The van der Waals surface area contributed by atoms with E-state index < -0.39 is 5.97 Å². The van der Waals surface area contributed by atoms with E-state index in [1.807, 2.05) is 44.4 Å². The molecule has 0 aliphatic rings. The average Bonchev–Trinajstić information content (AvgIpc) is 2.87. The number of aromatic amines is 1. The van der Waals surface area contributed by atoms with Crippen molar-refractivity contribution in [1.82, 2.24) is 15.1 Å². The first-order chi connectivity index (χ1) is 10.6. The van der Waals surface area contributed by atoms with Crippen molar-refractivity contribution in [3.63, 3.8) is 0 Å². The van der Waals surface area contributed by atoms with Gasteiger partial charge in [0.2, 0.25) is 5.88 Å². The molecule has 0 aliphatic carbocycles. The maximum atomic E-state index is 11.3. The number of hydrogen-bond donors (Lipinski definition) is 2. The van der Waals surface area contributed by atoms with E-state index in [1.54, 1.807) is 0 Å². The monoisotopic (exact) mass is 303 g/mol. The molecule has 0 atom stereocenters. The SMILES string of the molecule is CN(C)CCCOc1n[nH]c(C(=O)O)c1Cc1ccccc1. The number of benzene rings is 1. The minimum atomic E-state index is -1.03. The highest BCUT2D eigenvalue weighted by atomic mass is 16.5. The zero-order valence-corrected chi connectivity index (χ0v) is 12.9. The van der Waals surface area contributed by atoms with E-state index in [9.17, 15) is 9.90 Å². The molecule has 0 fully saturated rings. The summed E-state index contributed by atoms with van der Waals surface area (Å²) in [4.78, 5) is 13.4. The van der Waals surface area contributed by atoms with E-state index in [-0.39, 0.29) is 5.69 Å². The Morgan fingerprint density at radius 3 is 2.68 bits per heavy atom. The second-order valence-corrected chi connectivity index (χ2v) is 5.36. The van der Waals surface area contributed by atoms with Gasteiger partial charge in [0.15, 0.2) is 5.69 Å². The third-order valence-corrected chi connectivity index (χ3v) is 3.26. The first kappa shape index (κ1) is 16.0. The second kappa shape index (κ2) is 7.61. The van der Waals surface area contributed by atoms with Crippen LogP contribution in [0.5, 0.6) is 5.88 Å². The number of carbonyl (C=O) groups is 1. The smallest absolute Gasteiger partial charge is 0.354 e. The van der Waals surface area contributed by atoms with E-state index in [2.05, 4.69) is 15.1 Å². The summed E-state index contributed by atoms with van der Waals surface area (Å²) in [6.07, 6.45) is 1.33. The lowest BCUT2D eigenvalue weighted by atomic mass is 10.1. The predicted octanol–water partition coefficient (Wildman–Crippen LogP) is 2.03. The maximum Gasteiger partial charge on any atom is 0.354 e. The Morgan fingerprint density at radius 1 is 1.32 bits per heavy atom. The zero-order valence-electron chi connectivity index (χ0n) is 12.9. The van der Waals surface area contributed by atoms with Gasteiger partial charge in [0.1, 0.15) is 0 Å². The molecule has 2 N–H and O–H groups in total. The third-order valence-electron chi connectivity index (χ3n) is 3.26. The van der Waals surface area contributed by atoms with E-state index in [4.69, 9.17) is 4.74 Å². The molecule has 118 valence electrons. The van der Waals surface area contributed by atoms with Gasteiger partial charge in [-0.05, 0) is 26.1 Å².